The van der Waals surface area contributed by atoms with Gasteiger partial charge in [0.15, 0.2) is 5.11 Å². The number of hydrogen-bond acceptors (Lipinski definition) is 2. The van der Waals surface area contributed by atoms with Crippen molar-refractivity contribution in [2.24, 2.45) is 5.10 Å². The maximum absolute atomic E-state index is 5.21. The maximum Gasteiger partial charge on any atom is 0.191 e. The molecule has 0 unspecified atom stereocenters. The second-order valence-electron chi connectivity index (χ2n) is 4.64. The second kappa shape index (κ2) is 7.33. The number of hydrogen-bond donors (Lipinski definition) is 2. The van der Waals surface area contributed by atoms with E-state index in [2.05, 4.69) is 57.8 Å². The van der Waals surface area contributed by atoms with Gasteiger partial charge >= 0.3 is 0 Å². The molecule has 2 aromatic rings. The molecule has 0 heterocycles. The number of halogens is 1. The number of thiocarbonyl (C=S) groups is 1. The fourth-order valence-electron chi connectivity index (χ4n) is 1.72. The van der Waals surface area contributed by atoms with Crippen molar-refractivity contribution in [2.75, 3.05) is 5.32 Å². The Balaban J connectivity index is 1.93. The molecule has 0 aliphatic carbocycles. The first kappa shape index (κ1) is 15.7. The van der Waals surface area contributed by atoms with Crippen LogP contribution in [0.15, 0.2) is 52.0 Å². The van der Waals surface area contributed by atoms with Crippen LogP contribution in [0.4, 0.5) is 5.69 Å². The third-order valence-electron chi connectivity index (χ3n) is 3.04. The lowest BCUT2D eigenvalue weighted by Crippen LogP contribution is -2.23. The number of rotatable bonds is 3. The highest BCUT2D eigenvalue weighted by Crippen LogP contribution is 2.14. The molecular weight excluding hydrogens is 346 g/mol. The van der Waals surface area contributed by atoms with Crippen LogP contribution in [0, 0.1) is 13.8 Å². The molecule has 0 amide bonds. The van der Waals surface area contributed by atoms with Crippen molar-refractivity contribution >= 4 is 45.2 Å². The summed E-state index contributed by atoms with van der Waals surface area (Å²) in [6, 6.07) is 14.0. The molecular formula is C16H16BrN3S. The smallest absolute Gasteiger partial charge is 0.191 e. The Morgan fingerprint density at radius 1 is 1.14 bits per heavy atom. The Labute approximate surface area is 138 Å². The minimum absolute atomic E-state index is 0.460. The number of benzene rings is 2. The average Bonchev–Trinajstić information content (AvgIpc) is 2.45. The summed E-state index contributed by atoms with van der Waals surface area (Å²) in [4.78, 5) is 0. The van der Waals surface area contributed by atoms with Crippen LogP contribution in [0.1, 0.15) is 16.7 Å². The number of nitrogens with one attached hydrogen (secondary N) is 2. The van der Waals surface area contributed by atoms with Gasteiger partial charge in [-0.2, -0.15) is 5.10 Å². The molecule has 0 aromatic heterocycles. The minimum Gasteiger partial charge on any atom is -0.331 e. The largest absolute Gasteiger partial charge is 0.331 e. The van der Waals surface area contributed by atoms with Crippen molar-refractivity contribution in [2.45, 2.75) is 13.8 Å². The summed E-state index contributed by atoms with van der Waals surface area (Å²) in [6.45, 7) is 4.15. The van der Waals surface area contributed by atoms with E-state index >= 15 is 0 Å². The standard InChI is InChI=1S/C16H16BrN3S/c1-11-7-8-14(9-12(11)2)19-16(21)20-18-10-13-5-3-4-6-15(13)17/h3-10H,1-2H3,(H2,19,20,21). The van der Waals surface area contributed by atoms with E-state index in [1.54, 1.807) is 6.21 Å². The van der Waals surface area contributed by atoms with Gasteiger partial charge in [0.2, 0.25) is 0 Å². The van der Waals surface area contributed by atoms with Gasteiger partial charge in [-0.3, -0.25) is 5.43 Å². The van der Waals surface area contributed by atoms with Crippen molar-refractivity contribution in [1.82, 2.24) is 5.43 Å². The van der Waals surface area contributed by atoms with Gasteiger partial charge in [0.1, 0.15) is 0 Å². The van der Waals surface area contributed by atoms with Crippen LogP contribution in [0.3, 0.4) is 0 Å². The Hall–Kier alpha value is -1.72. The molecule has 2 N–H and O–H groups in total. The molecule has 2 rings (SSSR count). The van der Waals surface area contributed by atoms with E-state index in [0.29, 0.717) is 5.11 Å². The zero-order valence-electron chi connectivity index (χ0n) is 11.9. The first-order valence-corrected chi connectivity index (χ1v) is 7.68. The SMILES string of the molecule is Cc1ccc(NC(=S)NN=Cc2ccccc2Br)cc1C. The van der Waals surface area contributed by atoms with Crippen LogP contribution >= 0.6 is 28.1 Å². The van der Waals surface area contributed by atoms with Crippen molar-refractivity contribution in [3.05, 3.63) is 63.6 Å². The number of anilines is 1. The summed E-state index contributed by atoms with van der Waals surface area (Å²) in [6.07, 6.45) is 1.72. The van der Waals surface area contributed by atoms with Gasteiger partial charge in [-0.15, -0.1) is 0 Å². The Bertz CT molecular complexity index is 683. The fraction of sp³-hybridized carbons (Fsp3) is 0.125. The van der Waals surface area contributed by atoms with Crippen LogP contribution < -0.4 is 10.7 Å². The van der Waals surface area contributed by atoms with Gasteiger partial charge in [0.05, 0.1) is 6.21 Å². The number of hydrazone groups is 1. The Morgan fingerprint density at radius 2 is 1.90 bits per heavy atom. The predicted octanol–water partition coefficient (Wildman–Crippen LogP) is 4.39. The van der Waals surface area contributed by atoms with Gasteiger partial charge in [-0.05, 0) is 55.4 Å². The molecule has 0 fully saturated rings. The summed E-state index contributed by atoms with van der Waals surface area (Å²) in [5, 5.41) is 7.70. The van der Waals surface area contributed by atoms with Gasteiger partial charge in [-0.1, -0.05) is 40.2 Å². The lowest BCUT2D eigenvalue weighted by molar-refractivity contribution is 1.05. The number of aryl methyl sites for hydroxylation is 2. The predicted molar refractivity (Wildman–Crippen MR) is 97.0 cm³/mol. The second-order valence-corrected chi connectivity index (χ2v) is 5.91. The van der Waals surface area contributed by atoms with E-state index in [1.807, 2.05) is 30.3 Å². The zero-order valence-corrected chi connectivity index (χ0v) is 14.3. The first-order chi connectivity index (χ1) is 10.1. The van der Waals surface area contributed by atoms with E-state index in [0.717, 1.165) is 15.7 Å². The summed E-state index contributed by atoms with van der Waals surface area (Å²) >= 11 is 8.68. The van der Waals surface area contributed by atoms with Gasteiger partial charge in [0, 0.05) is 15.7 Å². The van der Waals surface area contributed by atoms with Crippen LogP contribution in [-0.2, 0) is 0 Å². The number of nitrogens with zero attached hydrogens (tertiary/aromatic N) is 1. The quantitative estimate of drug-likeness (QED) is 0.483. The van der Waals surface area contributed by atoms with Crippen molar-refractivity contribution in [3.63, 3.8) is 0 Å². The van der Waals surface area contributed by atoms with Crippen LogP contribution in [-0.4, -0.2) is 11.3 Å². The summed E-state index contributed by atoms with van der Waals surface area (Å²) in [5.41, 5.74) is 7.22. The van der Waals surface area contributed by atoms with E-state index < -0.39 is 0 Å². The minimum atomic E-state index is 0.460. The molecule has 0 saturated carbocycles. The molecule has 3 nitrogen and oxygen atoms in total. The monoisotopic (exact) mass is 361 g/mol. The van der Waals surface area contributed by atoms with Gasteiger partial charge < -0.3 is 5.32 Å². The summed E-state index contributed by atoms with van der Waals surface area (Å²) in [5.74, 6) is 0. The molecule has 2 aromatic carbocycles. The topological polar surface area (TPSA) is 36.4 Å². The Kier molecular flexibility index (Phi) is 5.47. The molecule has 0 spiro atoms. The van der Waals surface area contributed by atoms with E-state index in [-0.39, 0.29) is 0 Å². The maximum atomic E-state index is 5.21. The van der Waals surface area contributed by atoms with Crippen LogP contribution in [0.25, 0.3) is 0 Å². The molecule has 21 heavy (non-hydrogen) atoms. The molecule has 0 radical (unpaired) electrons. The van der Waals surface area contributed by atoms with Crippen molar-refractivity contribution in [3.8, 4) is 0 Å². The van der Waals surface area contributed by atoms with Crippen LogP contribution in [0.2, 0.25) is 0 Å². The first-order valence-electron chi connectivity index (χ1n) is 6.48. The van der Waals surface area contributed by atoms with Crippen molar-refractivity contribution in [1.29, 1.82) is 0 Å². The van der Waals surface area contributed by atoms with E-state index in [1.165, 1.54) is 11.1 Å². The van der Waals surface area contributed by atoms with Crippen LogP contribution in [0.5, 0.6) is 0 Å². The van der Waals surface area contributed by atoms with E-state index in [4.69, 9.17) is 12.2 Å². The summed E-state index contributed by atoms with van der Waals surface area (Å²) < 4.78 is 0.989. The molecule has 0 atom stereocenters. The molecule has 0 aliphatic heterocycles. The molecule has 5 heteroatoms. The average molecular weight is 362 g/mol. The lowest BCUT2D eigenvalue weighted by atomic mass is 10.1. The molecule has 0 saturated heterocycles. The zero-order chi connectivity index (χ0) is 15.2. The highest BCUT2D eigenvalue weighted by atomic mass is 79.9. The third kappa shape index (κ3) is 4.65. The highest BCUT2D eigenvalue weighted by molar-refractivity contribution is 9.10. The van der Waals surface area contributed by atoms with E-state index in [9.17, 15) is 0 Å². The van der Waals surface area contributed by atoms with Gasteiger partial charge in [-0.25, -0.2) is 0 Å². The highest BCUT2D eigenvalue weighted by Gasteiger charge is 1.99. The molecule has 108 valence electrons. The molecule has 0 bridgehead atoms. The lowest BCUT2D eigenvalue weighted by Gasteiger charge is -2.09. The molecule has 0 aliphatic rings. The van der Waals surface area contributed by atoms with Crippen molar-refractivity contribution < 1.29 is 0 Å². The third-order valence-corrected chi connectivity index (χ3v) is 3.96. The summed E-state index contributed by atoms with van der Waals surface area (Å²) in [7, 11) is 0. The fourth-order valence-corrected chi connectivity index (χ4v) is 2.28. The Morgan fingerprint density at radius 3 is 2.62 bits per heavy atom. The normalized spacial score (nSPS) is 10.6. The van der Waals surface area contributed by atoms with Gasteiger partial charge in [0.25, 0.3) is 0 Å².